The van der Waals surface area contributed by atoms with E-state index in [-0.39, 0.29) is 11.9 Å². The van der Waals surface area contributed by atoms with Gasteiger partial charge in [-0.05, 0) is 25.3 Å². The van der Waals surface area contributed by atoms with Gasteiger partial charge in [-0.1, -0.05) is 18.2 Å². The van der Waals surface area contributed by atoms with Crippen LogP contribution in [0.15, 0.2) is 24.3 Å². The van der Waals surface area contributed by atoms with Gasteiger partial charge in [0, 0.05) is 6.42 Å². The van der Waals surface area contributed by atoms with Crippen LogP contribution in [0.25, 0.3) is 0 Å². The molecule has 1 atom stereocenters. The van der Waals surface area contributed by atoms with Crippen molar-refractivity contribution in [2.75, 3.05) is 0 Å². The molecule has 0 amide bonds. The minimum atomic E-state index is -0.134. The van der Waals surface area contributed by atoms with Crippen LogP contribution < -0.4 is 0 Å². The van der Waals surface area contributed by atoms with Crippen LogP contribution in [0.5, 0.6) is 0 Å². The van der Waals surface area contributed by atoms with Crippen LogP contribution in [0, 0.1) is 0 Å². The van der Waals surface area contributed by atoms with Crippen molar-refractivity contribution in [3.8, 4) is 0 Å². The number of rotatable bonds is 0. The van der Waals surface area contributed by atoms with E-state index >= 15 is 0 Å². The molecule has 1 N–H and O–H groups in total. The Labute approximate surface area is 72.6 Å². The van der Waals surface area contributed by atoms with Crippen LogP contribution in [0.2, 0.25) is 0 Å². The van der Waals surface area contributed by atoms with Crippen LogP contribution in [-0.2, 0) is 4.79 Å². The highest BCUT2D eigenvalue weighted by molar-refractivity contribution is 5.91. The number of hydrogen-bond donors (Lipinski definition) is 1. The minimum absolute atomic E-state index is 0.134. The average Bonchev–Trinajstić information content (AvgIpc) is 2.63. The summed E-state index contributed by atoms with van der Waals surface area (Å²) in [5, 5.41) is 8.64. The largest absolute Gasteiger partial charge is 0.389 e. The quantitative estimate of drug-likeness (QED) is 0.555. The maximum Gasteiger partial charge on any atom is 0.155 e. The highest BCUT2D eigenvalue weighted by Gasteiger charge is 2.00. The molecule has 12 heavy (non-hydrogen) atoms. The van der Waals surface area contributed by atoms with E-state index in [4.69, 9.17) is 5.11 Å². The van der Waals surface area contributed by atoms with Gasteiger partial charge in [0.2, 0.25) is 0 Å². The van der Waals surface area contributed by atoms with Crippen molar-refractivity contribution >= 4 is 5.78 Å². The molecule has 0 heterocycles. The van der Waals surface area contributed by atoms with Gasteiger partial charge in [-0.15, -0.1) is 0 Å². The van der Waals surface area contributed by atoms with Crippen LogP contribution in [0.1, 0.15) is 25.7 Å². The zero-order chi connectivity index (χ0) is 8.81. The Hall–Kier alpha value is -0.890. The van der Waals surface area contributed by atoms with Gasteiger partial charge < -0.3 is 5.11 Å². The van der Waals surface area contributed by atoms with Gasteiger partial charge in [-0.2, -0.15) is 0 Å². The number of ketones is 1. The predicted octanol–water partition coefficient (Wildman–Crippen LogP) is 1.60. The third kappa shape index (κ3) is 3.49. The van der Waals surface area contributed by atoms with Crippen molar-refractivity contribution in [1.29, 1.82) is 0 Å². The van der Waals surface area contributed by atoms with Crippen molar-refractivity contribution in [3.05, 3.63) is 24.3 Å². The summed E-state index contributed by atoms with van der Waals surface area (Å²) in [6.07, 6.45) is 10.9. The average molecular weight is 166 g/mol. The molecule has 0 aromatic rings. The van der Waals surface area contributed by atoms with Gasteiger partial charge in [-0.25, -0.2) is 0 Å². The lowest BCUT2D eigenvalue weighted by Crippen LogP contribution is -1.93. The maximum atomic E-state index is 10.2. The fourth-order valence-electron chi connectivity index (χ4n) is 1.14. The van der Waals surface area contributed by atoms with Crippen LogP contribution in [0.4, 0.5) is 0 Å². The number of aliphatic hydroxyl groups excluding tert-OH is 1. The number of allylic oxidation sites excluding steroid dienone is 3. The second-order valence-electron chi connectivity index (χ2n) is 2.98. The van der Waals surface area contributed by atoms with Crippen LogP contribution in [0.3, 0.4) is 0 Å². The molecular weight excluding hydrogens is 152 g/mol. The van der Waals surface area contributed by atoms with E-state index in [2.05, 4.69) is 0 Å². The van der Waals surface area contributed by atoms with Crippen LogP contribution >= 0.6 is 0 Å². The van der Waals surface area contributed by atoms with Crippen molar-refractivity contribution in [1.82, 2.24) is 0 Å². The summed E-state index contributed by atoms with van der Waals surface area (Å²) in [4.78, 5) is 10.2. The lowest BCUT2D eigenvalue weighted by atomic mass is 10.3. The van der Waals surface area contributed by atoms with E-state index in [0.717, 1.165) is 25.7 Å². The lowest BCUT2D eigenvalue weighted by Gasteiger charge is -1.89. The molecule has 0 aromatic carbocycles. The summed E-state index contributed by atoms with van der Waals surface area (Å²) in [6, 6.07) is 0. The standard InChI is InChI=1S/C5H8O.C5H6O/c2*6-5-3-1-2-4-5/h1,3,5-6H,2,4H2;1,3H,2,4H2. The number of carbonyl (C=O) groups is 1. The van der Waals surface area contributed by atoms with Crippen molar-refractivity contribution in [2.24, 2.45) is 0 Å². The molecule has 0 radical (unpaired) electrons. The SMILES string of the molecule is O=C1C=CCC1.OC1C=CCC1. The maximum absolute atomic E-state index is 10.2. The Morgan fingerprint density at radius 3 is 2.33 bits per heavy atom. The number of aliphatic hydroxyl groups is 1. The minimum Gasteiger partial charge on any atom is -0.389 e. The highest BCUT2D eigenvalue weighted by atomic mass is 16.3. The summed E-state index contributed by atoms with van der Waals surface area (Å²) >= 11 is 0. The van der Waals surface area contributed by atoms with Gasteiger partial charge in [0.1, 0.15) is 0 Å². The normalized spacial score (nSPS) is 25.8. The summed E-state index contributed by atoms with van der Waals surface area (Å²) in [5.74, 6) is 0.273. The molecule has 0 aliphatic heterocycles. The van der Waals surface area contributed by atoms with E-state index in [9.17, 15) is 4.79 Å². The smallest absolute Gasteiger partial charge is 0.155 e. The van der Waals surface area contributed by atoms with Crippen molar-refractivity contribution < 1.29 is 9.90 Å². The summed E-state index contributed by atoms with van der Waals surface area (Å²) in [6.45, 7) is 0. The van der Waals surface area contributed by atoms with Crippen molar-refractivity contribution in [2.45, 2.75) is 31.8 Å². The molecule has 2 aliphatic carbocycles. The van der Waals surface area contributed by atoms with E-state index in [1.54, 1.807) is 6.08 Å². The highest BCUT2D eigenvalue weighted by Crippen LogP contribution is 2.06. The van der Waals surface area contributed by atoms with Gasteiger partial charge in [0.25, 0.3) is 0 Å². The third-order valence-corrected chi connectivity index (χ3v) is 1.85. The van der Waals surface area contributed by atoms with E-state index in [1.807, 2.05) is 18.2 Å². The molecule has 66 valence electrons. The Kier molecular flexibility index (Phi) is 3.74. The third-order valence-electron chi connectivity index (χ3n) is 1.85. The molecular formula is C10H14O2. The molecule has 0 spiro atoms. The van der Waals surface area contributed by atoms with E-state index < -0.39 is 0 Å². The van der Waals surface area contributed by atoms with Crippen LogP contribution in [-0.4, -0.2) is 17.0 Å². The second-order valence-corrected chi connectivity index (χ2v) is 2.98. The van der Waals surface area contributed by atoms with Gasteiger partial charge in [0.15, 0.2) is 5.78 Å². The molecule has 0 fully saturated rings. The van der Waals surface area contributed by atoms with E-state index in [0.29, 0.717) is 0 Å². The Bertz CT molecular complexity index is 204. The number of hydrogen-bond acceptors (Lipinski definition) is 2. The first-order valence-corrected chi connectivity index (χ1v) is 4.33. The molecule has 0 bridgehead atoms. The molecule has 0 saturated heterocycles. The van der Waals surface area contributed by atoms with Crippen molar-refractivity contribution in [3.63, 3.8) is 0 Å². The van der Waals surface area contributed by atoms with Gasteiger partial charge >= 0.3 is 0 Å². The predicted molar refractivity (Wildman–Crippen MR) is 47.8 cm³/mol. The number of carbonyl (C=O) groups excluding carboxylic acids is 1. The summed E-state index contributed by atoms with van der Waals surface area (Å²) in [7, 11) is 0. The molecule has 1 unspecified atom stereocenters. The topological polar surface area (TPSA) is 37.3 Å². The fourth-order valence-corrected chi connectivity index (χ4v) is 1.14. The molecule has 2 aliphatic rings. The second kappa shape index (κ2) is 4.88. The summed E-state index contributed by atoms with van der Waals surface area (Å²) in [5.41, 5.74) is 0. The molecule has 0 aromatic heterocycles. The monoisotopic (exact) mass is 166 g/mol. The first-order chi connectivity index (χ1) is 5.79. The molecule has 2 heteroatoms. The molecule has 0 saturated carbocycles. The first kappa shape index (κ1) is 9.20. The first-order valence-electron chi connectivity index (χ1n) is 4.33. The Balaban J connectivity index is 0.000000120. The van der Waals surface area contributed by atoms with E-state index in [1.165, 1.54) is 0 Å². The zero-order valence-corrected chi connectivity index (χ0v) is 7.07. The van der Waals surface area contributed by atoms with Gasteiger partial charge in [0.05, 0.1) is 6.10 Å². The molecule has 2 nitrogen and oxygen atoms in total. The zero-order valence-electron chi connectivity index (χ0n) is 7.07. The summed E-state index contributed by atoms with van der Waals surface area (Å²) < 4.78 is 0. The Morgan fingerprint density at radius 1 is 1.33 bits per heavy atom. The molecule has 2 rings (SSSR count). The lowest BCUT2D eigenvalue weighted by molar-refractivity contribution is -0.114. The van der Waals surface area contributed by atoms with Gasteiger partial charge in [-0.3, -0.25) is 4.79 Å². The fraction of sp³-hybridized carbons (Fsp3) is 0.500. The Morgan fingerprint density at radius 2 is 2.17 bits per heavy atom.